The molecule has 0 spiro atoms. The van der Waals surface area contributed by atoms with Crippen LogP contribution in [-0.2, 0) is 12.8 Å². The van der Waals surface area contributed by atoms with E-state index < -0.39 is 0 Å². The number of nitrogens with zero attached hydrogens (tertiary/aromatic N) is 1. The van der Waals surface area contributed by atoms with Crippen LogP contribution in [0.1, 0.15) is 17.7 Å². The number of aromatic nitrogens is 2. The number of fused-ring (bicyclic) bond motifs is 1. The van der Waals surface area contributed by atoms with E-state index in [4.69, 9.17) is 11.5 Å². The number of nitrogen functional groups attached to an aromatic ring is 1. The molecule has 1 aliphatic rings. The van der Waals surface area contributed by atoms with Crippen LogP contribution in [0.15, 0.2) is 4.79 Å². The van der Waals surface area contributed by atoms with Gasteiger partial charge in [-0.25, -0.2) is 4.98 Å². The van der Waals surface area contributed by atoms with E-state index in [1.54, 1.807) is 0 Å². The van der Waals surface area contributed by atoms with Gasteiger partial charge in [0.2, 0.25) is 5.95 Å². The van der Waals surface area contributed by atoms with Crippen LogP contribution in [0.4, 0.5) is 5.95 Å². The minimum Gasteiger partial charge on any atom is -0.369 e. The van der Waals surface area contributed by atoms with Crippen molar-refractivity contribution in [1.29, 1.82) is 0 Å². The highest BCUT2D eigenvalue weighted by atomic mass is 35.5. The van der Waals surface area contributed by atoms with Gasteiger partial charge < -0.3 is 11.5 Å². The molecule has 7 heteroatoms. The van der Waals surface area contributed by atoms with Crippen LogP contribution in [0.5, 0.6) is 0 Å². The van der Waals surface area contributed by atoms with Crippen LogP contribution in [0.3, 0.4) is 0 Å². The molecule has 1 aromatic rings. The van der Waals surface area contributed by atoms with Gasteiger partial charge in [0, 0.05) is 11.6 Å². The molecule has 1 aliphatic carbocycles. The van der Waals surface area contributed by atoms with E-state index in [0.717, 1.165) is 18.5 Å². The second-order valence-electron chi connectivity index (χ2n) is 3.38. The SMILES string of the molecule is Cl.Cl.Nc1nc2c(c(=O)[nH]1)CC(N)CC2. The molecule has 1 aromatic heterocycles. The van der Waals surface area contributed by atoms with E-state index in [1.807, 2.05) is 0 Å². The smallest absolute Gasteiger partial charge is 0.255 e. The van der Waals surface area contributed by atoms with Gasteiger partial charge in [0.1, 0.15) is 0 Å². The molecule has 0 bridgehead atoms. The first-order valence-corrected chi connectivity index (χ1v) is 4.30. The Labute approximate surface area is 99.5 Å². The first-order valence-electron chi connectivity index (χ1n) is 4.30. The van der Waals surface area contributed by atoms with Crippen molar-refractivity contribution in [3.8, 4) is 0 Å². The van der Waals surface area contributed by atoms with Gasteiger partial charge in [0.15, 0.2) is 0 Å². The molecule has 5 N–H and O–H groups in total. The van der Waals surface area contributed by atoms with Crippen molar-refractivity contribution >= 4 is 30.8 Å². The van der Waals surface area contributed by atoms with Crippen molar-refractivity contribution in [3.63, 3.8) is 0 Å². The van der Waals surface area contributed by atoms with Gasteiger partial charge >= 0.3 is 0 Å². The number of H-pyrrole nitrogens is 1. The van der Waals surface area contributed by atoms with E-state index >= 15 is 0 Å². The van der Waals surface area contributed by atoms with E-state index in [0.29, 0.717) is 12.0 Å². The Morgan fingerprint density at radius 1 is 1.40 bits per heavy atom. The van der Waals surface area contributed by atoms with Crippen LogP contribution in [0, 0.1) is 0 Å². The molecule has 0 amide bonds. The highest BCUT2D eigenvalue weighted by Gasteiger charge is 2.19. The molecule has 15 heavy (non-hydrogen) atoms. The lowest BCUT2D eigenvalue weighted by molar-refractivity contribution is 0.561. The minimum atomic E-state index is -0.141. The molecule has 0 saturated heterocycles. The van der Waals surface area contributed by atoms with E-state index in [9.17, 15) is 4.79 Å². The zero-order valence-corrected chi connectivity index (χ0v) is 9.66. The fraction of sp³-hybridized carbons (Fsp3) is 0.500. The fourth-order valence-electron chi connectivity index (χ4n) is 1.67. The minimum absolute atomic E-state index is 0. The molecule has 0 radical (unpaired) electrons. The van der Waals surface area contributed by atoms with Crippen molar-refractivity contribution in [2.24, 2.45) is 5.73 Å². The molecule has 0 aromatic carbocycles. The quantitative estimate of drug-likeness (QED) is 0.606. The van der Waals surface area contributed by atoms with E-state index in [1.165, 1.54) is 0 Å². The topological polar surface area (TPSA) is 97.8 Å². The molecular formula is C8H14Cl2N4O. The van der Waals surface area contributed by atoms with Crippen molar-refractivity contribution < 1.29 is 0 Å². The molecule has 86 valence electrons. The number of aromatic amines is 1. The zero-order valence-electron chi connectivity index (χ0n) is 8.03. The van der Waals surface area contributed by atoms with Crippen molar-refractivity contribution in [3.05, 3.63) is 21.6 Å². The first kappa shape index (κ1) is 14.2. The van der Waals surface area contributed by atoms with Crippen LogP contribution >= 0.6 is 24.8 Å². The number of nitrogens with one attached hydrogen (secondary N) is 1. The van der Waals surface area contributed by atoms with Crippen LogP contribution in [-0.4, -0.2) is 16.0 Å². The van der Waals surface area contributed by atoms with Gasteiger partial charge in [-0.3, -0.25) is 9.78 Å². The molecule has 0 aliphatic heterocycles. The van der Waals surface area contributed by atoms with Gasteiger partial charge in [-0.2, -0.15) is 0 Å². The highest BCUT2D eigenvalue weighted by Crippen LogP contribution is 2.15. The number of hydrogen-bond acceptors (Lipinski definition) is 4. The van der Waals surface area contributed by atoms with Gasteiger partial charge in [0.05, 0.1) is 5.69 Å². The maximum atomic E-state index is 11.4. The Bertz CT molecular complexity index is 393. The summed E-state index contributed by atoms with van der Waals surface area (Å²) >= 11 is 0. The summed E-state index contributed by atoms with van der Waals surface area (Å²) in [5.41, 5.74) is 12.5. The van der Waals surface area contributed by atoms with Crippen LogP contribution < -0.4 is 17.0 Å². The maximum Gasteiger partial charge on any atom is 0.255 e. The third kappa shape index (κ3) is 2.84. The number of anilines is 1. The number of rotatable bonds is 0. The predicted molar refractivity (Wildman–Crippen MR) is 63.8 cm³/mol. The van der Waals surface area contributed by atoms with Gasteiger partial charge in [-0.1, -0.05) is 0 Å². The van der Waals surface area contributed by atoms with Crippen LogP contribution in [0.2, 0.25) is 0 Å². The molecule has 1 atom stereocenters. The van der Waals surface area contributed by atoms with Crippen LogP contribution in [0.25, 0.3) is 0 Å². The Morgan fingerprint density at radius 3 is 2.73 bits per heavy atom. The Hall–Kier alpha value is -0.780. The number of halogens is 2. The summed E-state index contributed by atoms with van der Waals surface area (Å²) in [5, 5.41) is 0. The second kappa shape index (κ2) is 5.34. The summed E-state index contributed by atoms with van der Waals surface area (Å²) in [6.45, 7) is 0. The van der Waals surface area contributed by atoms with E-state index in [2.05, 4.69) is 9.97 Å². The second-order valence-corrected chi connectivity index (χ2v) is 3.38. The summed E-state index contributed by atoms with van der Waals surface area (Å²) in [5.74, 6) is 0.194. The van der Waals surface area contributed by atoms with E-state index in [-0.39, 0.29) is 42.4 Å². The Balaban J connectivity index is 0.000000980. The lowest BCUT2D eigenvalue weighted by Gasteiger charge is -2.19. The summed E-state index contributed by atoms with van der Waals surface area (Å²) in [6.07, 6.45) is 2.24. The third-order valence-electron chi connectivity index (χ3n) is 2.34. The summed E-state index contributed by atoms with van der Waals surface area (Å²) < 4.78 is 0. The largest absolute Gasteiger partial charge is 0.369 e. The molecular weight excluding hydrogens is 239 g/mol. The van der Waals surface area contributed by atoms with Gasteiger partial charge in [-0.15, -0.1) is 24.8 Å². The molecule has 0 fully saturated rings. The summed E-state index contributed by atoms with van der Waals surface area (Å²) in [6, 6.07) is 0.0824. The standard InChI is InChI=1S/C8H12N4O.2ClH/c9-4-1-2-6-5(3-4)7(13)12-8(10)11-6;;/h4H,1-3,9H2,(H3,10,11,12,13);2*1H. The Morgan fingerprint density at radius 2 is 2.07 bits per heavy atom. The van der Waals surface area contributed by atoms with Gasteiger partial charge in [0.25, 0.3) is 5.56 Å². The number of hydrogen-bond donors (Lipinski definition) is 3. The predicted octanol–water partition coefficient (Wildman–Crippen LogP) is 0.0117. The number of aryl methyl sites for hydroxylation is 1. The van der Waals surface area contributed by atoms with Gasteiger partial charge in [-0.05, 0) is 19.3 Å². The lowest BCUT2D eigenvalue weighted by atomic mass is 9.93. The average Bonchev–Trinajstić information content (AvgIpc) is 2.06. The summed E-state index contributed by atoms with van der Waals surface area (Å²) in [7, 11) is 0. The molecule has 2 rings (SSSR count). The third-order valence-corrected chi connectivity index (χ3v) is 2.34. The average molecular weight is 253 g/mol. The first-order chi connectivity index (χ1) is 6.16. The monoisotopic (exact) mass is 252 g/mol. The molecule has 1 heterocycles. The molecule has 0 saturated carbocycles. The maximum absolute atomic E-state index is 11.4. The van der Waals surface area contributed by atoms with Crippen molar-refractivity contribution in [1.82, 2.24) is 9.97 Å². The molecule has 1 unspecified atom stereocenters. The number of nitrogens with two attached hydrogens (primary N) is 2. The summed E-state index contributed by atoms with van der Waals surface area (Å²) in [4.78, 5) is 17.9. The lowest BCUT2D eigenvalue weighted by Crippen LogP contribution is -2.33. The van der Waals surface area contributed by atoms with Crippen molar-refractivity contribution in [2.45, 2.75) is 25.3 Å². The van der Waals surface area contributed by atoms with Crippen molar-refractivity contribution in [2.75, 3.05) is 5.73 Å². The highest BCUT2D eigenvalue weighted by molar-refractivity contribution is 5.85. The Kier molecular flexibility index (Phi) is 5.07. The zero-order chi connectivity index (χ0) is 9.42. The fourth-order valence-corrected chi connectivity index (χ4v) is 1.67. The normalized spacial score (nSPS) is 18.3. The molecule has 5 nitrogen and oxygen atoms in total.